The first-order chi connectivity index (χ1) is 14.7. The van der Waals surface area contributed by atoms with Crippen LogP contribution in [0.4, 0.5) is 11.4 Å². The van der Waals surface area contributed by atoms with Gasteiger partial charge in [0.15, 0.2) is 0 Å². The Hall–Kier alpha value is -3.03. The molecule has 0 heterocycles. The van der Waals surface area contributed by atoms with Crippen LogP contribution in [0.3, 0.4) is 0 Å². The lowest BCUT2D eigenvalue weighted by Gasteiger charge is -2.14. The van der Waals surface area contributed by atoms with Crippen molar-refractivity contribution in [1.29, 1.82) is 0 Å². The minimum absolute atomic E-state index is 0.112. The molecule has 0 bridgehead atoms. The number of aryl methyl sites for hydroxylation is 2. The molecule has 31 heavy (non-hydrogen) atoms. The number of carbonyl (C=O) groups excluding carboxylic acids is 1. The van der Waals surface area contributed by atoms with Gasteiger partial charge in [-0.1, -0.05) is 41.9 Å². The lowest BCUT2D eigenvalue weighted by atomic mass is 10.0. The number of carbonyl (C=O) groups is 1. The van der Waals surface area contributed by atoms with E-state index in [2.05, 4.69) is 10.0 Å². The third-order valence-corrected chi connectivity index (χ3v) is 6.51. The number of methoxy groups -OCH3 is 1. The summed E-state index contributed by atoms with van der Waals surface area (Å²) in [6, 6.07) is 16.8. The van der Waals surface area contributed by atoms with E-state index in [4.69, 9.17) is 16.3 Å². The summed E-state index contributed by atoms with van der Waals surface area (Å²) in [4.78, 5) is 12.4. The Bertz CT molecular complexity index is 1230. The Balaban J connectivity index is 1.83. The van der Waals surface area contributed by atoms with E-state index in [1.807, 2.05) is 32.0 Å². The molecular formula is C23H23ClN2O4S. The smallest absolute Gasteiger partial charge is 0.265 e. The van der Waals surface area contributed by atoms with Crippen LogP contribution >= 0.6 is 11.6 Å². The summed E-state index contributed by atoms with van der Waals surface area (Å²) >= 11 is 6.07. The molecule has 8 heteroatoms. The molecule has 0 aromatic heterocycles. The van der Waals surface area contributed by atoms with E-state index in [1.165, 1.54) is 19.2 Å². The predicted molar refractivity (Wildman–Crippen MR) is 124 cm³/mol. The van der Waals surface area contributed by atoms with Crippen LogP contribution in [0.1, 0.15) is 16.7 Å². The maximum Gasteiger partial charge on any atom is 0.265 e. The Morgan fingerprint density at radius 1 is 1.00 bits per heavy atom. The molecule has 0 aliphatic rings. The van der Waals surface area contributed by atoms with Gasteiger partial charge in [-0.3, -0.25) is 9.52 Å². The number of benzene rings is 3. The largest absolute Gasteiger partial charge is 0.495 e. The second kappa shape index (κ2) is 9.41. The predicted octanol–water partition coefficient (Wildman–Crippen LogP) is 4.95. The van der Waals surface area contributed by atoms with Crippen molar-refractivity contribution in [1.82, 2.24) is 0 Å². The van der Waals surface area contributed by atoms with Crippen LogP contribution in [0.25, 0.3) is 0 Å². The van der Waals surface area contributed by atoms with E-state index < -0.39 is 10.0 Å². The highest BCUT2D eigenvalue weighted by Gasteiger charge is 2.22. The molecule has 0 atom stereocenters. The summed E-state index contributed by atoms with van der Waals surface area (Å²) in [5.74, 6) is -0.109. The first kappa shape index (κ1) is 22.7. The molecule has 0 aliphatic heterocycles. The van der Waals surface area contributed by atoms with Crippen LogP contribution in [-0.4, -0.2) is 21.4 Å². The van der Waals surface area contributed by atoms with Gasteiger partial charge in [0.2, 0.25) is 5.91 Å². The van der Waals surface area contributed by atoms with Gasteiger partial charge < -0.3 is 10.1 Å². The molecule has 0 saturated heterocycles. The van der Waals surface area contributed by atoms with Crippen molar-refractivity contribution in [3.05, 3.63) is 82.4 Å². The normalized spacial score (nSPS) is 11.1. The maximum atomic E-state index is 13.0. The van der Waals surface area contributed by atoms with Crippen molar-refractivity contribution < 1.29 is 17.9 Å². The summed E-state index contributed by atoms with van der Waals surface area (Å²) in [6.45, 7) is 4.00. The standard InChI is InChI=1S/C23H23ClN2O4S/c1-15-8-9-17(12-16(15)2)13-23(27)25-18-10-11-21(30-3)22(14-18)31(28,29)26-20-7-5-4-6-19(20)24/h4-12,14,26H,13H2,1-3H3,(H,25,27). The molecule has 3 rings (SSSR count). The Morgan fingerprint density at radius 3 is 2.42 bits per heavy atom. The zero-order valence-electron chi connectivity index (χ0n) is 17.4. The lowest BCUT2D eigenvalue weighted by Crippen LogP contribution is -2.17. The number of amides is 1. The Morgan fingerprint density at radius 2 is 1.74 bits per heavy atom. The van der Waals surface area contributed by atoms with Crippen LogP contribution in [-0.2, 0) is 21.2 Å². The molecule has 0 fully saturated rings. The molecule has 0 saturated carbocycles. The summed E-state index contributed by atoms with van der Waals surface area (Å²) in [5.41, 5.74) is 3.72. The summed E-state index contributed by atoms with van der Waals surface area (Å²) in [6.07, 6.45) is 0.174. The fourth-order valence-electron chi connectivity index (χ4n) is 3.01. The lowest BCUT2D eigenvalue weighted by molar-refractivity contribution is -0.115. The molecule has 162 valence electrons. The first-order valence-electron chi connectivity index (χ1n) is 9.51. The molecule has 2 N–H and O–H groups in total. The topological polar surface area (TPSA) is 84.5 Å². The summed E-state index contributed by atoms with van der Waals surface area (Å²) in [7, 11) is -2.64. The van der Waals surface area contributed by atoms with Crippen molar-refractivity contribution in [3.8, 4) is 5.75 Å². The van der Waals surface area contributed by atoms with Crippen LogP contribution in [0.5, 0.6) is 5.75 Å². The second-order valence-electron chi connectivity index (χ2n) is 7.09. The van der Waals surface area contributed by atoms with Gasteiger partial charge in [0.1, 0.15) is 10.6 Å². The van der Waals surface area contributed by atoms with Crippen molar-refractivity contribution in [2.45, 2.75) is 25.2 Å². The maximum absolute atomic E-state index is 13.0. The van der Waals surface area contributed by atoms with Crippen LogP contribution in [0, 0.1) is 13.8 Å². The number of para-hydroxylation sites is 1. The van der Waals surface area contributed by atoms with Crippen LogP contribution in [0.15, 0.2) is 65.6 Å². The van der Waals surface area contributed by atoms with Gasteiger partial charge in [-0.05, 0) is 60.9 Å². The van der Waals surface area contributed by atoms with Gasteiger partial charge in [0, 0.05) is 5.69 Å². The van der Waals surface area contributed by atoms with E-state index in [9.17, 15) is 13.2 Å². The molecule has 0 spiro atoms. The SMILES string of the molecule is COc1ccc(NC(=O)Cc2ccc(C)c(C)c2)cc1S(=O)(=O)Nc1ccccc1Cl. The Kier molecular flexibility index (Phi) is 6.87. The average Bonchev–Trinajstić information content (AvgIpc) is 2.72. The van der Waals surface area contributed by atoms with Crippen LogP contribution in [0.2, 0.25) is 5.02 Å². The van der Waals surface area contributed by atoms with Crippen molar-refractivity contribution >= 4 is 38.9 Å². The van der Waals surface area contributed by atoms with Crippen molar-refractivity contribution in [2.24, 2.45) is 0 Å². The number of hydrogen-bond donors (Lipinski definition) is 2. The van der Waals surface area contributed by atoms with Crippen LogP contribution < -0.4 is 14.8 Å². The number of halogens is 1. The monoisotopic (exact) mass is 458 g/mol. The molecule has 0 radical (unpaired) electrons. The first-order valence-corrected chi connectivity index (χ1v) is 11.4. The van der Waals surface area contributed by atoms with Gasteiger partial charge in [-0.2, -0.15) is 0 Å². The highest BCUT2D eigenvalue weighted by Crippen LogP contribution is 2.31. The molecular weight excluding hydrogens is 436 g/mol. The molecule has 1 amide bonds. The van der Waals surface area contributed by atoms with Gasteiger partial charge in [-0.15, -0.1) is 0 Å². The fraction of sp³-hybridized carbons (Fsp3) is 0.174. The molecule has 0 unspecified atom stereocenters. The van der Waals surface area contributed by atoms with Gasteiger partial charge in [0.25, 0.3) is 10.0 Å². The van der Waals surface area contributed by atoms with Gasteiger partial charge in [0.05, 0.1) is 24.2 Å². The molecule has 3 aromatic rings. The number of rotatable bonds is 7. The van der Waals surface area contributed by atoms with E-state index in [-0.39, 0.29) is 33.7 Å². The zero-order valence-corrected chi connectivity index (χ0v) is 19.0. The number of sulfonamides is 1. The molecule has 3 aromatic carbocycles. The molecule has 6 nitrogen and oxygen atoms in total. The highest BCUT2D eigenvalue weighted by atomic mass is 35.5. The van der Waals surface area contributed by atoms with E-state index in [1.54, 1.807) is 30.3 Å². The number of hydrogen-bond acceptors (Lipinski definition) is 4. The summed E-state index contributed by atoms with van der Waals surface area (Å²) in [5, 5.41) is 3.02. The number of ether oxygens (including phenoxy) is 1. The zero-order chi connectivity index (χ0) is 22.6. The van der Waals surface area contributed by atoms with Gasteiger partial charge >= 0.3 is 0 Å². The van der Waals surface area contributed by atoms with E-state index >= 15 is 0 Å². The van der Waals surface area contributed by atoms with Gasteiger partial charge in [-0.25, -0.2) is 8.42 Å². The third kappa shape index (κ3) is 5.57. The average molecular weight is 459 g/mol. The third-order valence-electron chi connectivity index (χ3n) is 4.79. The fourth-order valence-corrected chi connectivity index (χ4v) is 4.53. The number of anilines is 2. The number of nitrogens with one attached hydrogen (secondary N) is 2. The second-order valence-corrected chi connectivity index (χ2v) is 9.15. The minimum Gasteiger partial charge on any atom is -0.495 e. The molecule has 0 aliphatic carbocycles. The summed E-state index contributed by atoms with van der Waals surface area (Å²) < 4.78 is 33.6. The van der Waals surface area contributed by atoms with E-state index in [0.29, 0.717) is 5.69 Å². The van der Waals surface area contributed by atoms with Crippen molar-refractivity contribution in [3.63, 3.8) is 0 Å². The Labute approximate surface area is 187 Å². The minimum atomic E-state index is -4.02. The quantitative estimate of drug-likeness (QED) is 0.524. The van der Waals surface area contributed by atoms with Crippen molar-refractivity contribution in [2.75, 3.05) is 17.1 Å². The highest BCUT2D eigenvalue weighted by molar-refractivity contribution is 7.92. The van der Waals surface area contributed by atoms with E-state index in [0.717, 1.165) is 16.7 Å².